The van der Waals surface area contributed by atoms with Gasteiger partial charge >= 0.3 is 11.8 Å². The van der Waals surface area contributed by atoms with Gasteiger partial charge in [0.1, 0.15) is 0 Å². The molecule has 0 saturated heterocycles. The van der Waals surface area contributed by atoms with Crippen LogP contribution >= 0.6 is 11.6 Å². The number of nitrogens with zero attached hydrogens (tertiary/aromatic N) is 1. The van der Waals surface area contributed by atoms with Crippen molar-refractivity contribution in [3.8, 4) is 11.5 Å². The van der Waals surface area contributed by atoms with E-state index in [1.807, 2.05) is 13.0 Å². The molecule has 0 aliphatic carbocycles. The molecule has 0 bridgehead atoms. The number of amides is 3. The summed E-state index contributed by atoms with van der Waals surface area (Å²) in [5, 5.41) is 9.23. The van der Waals surface area contributed by atoms with E-state index >= 15 is 0 Å². The number of benzene rings is 2. The lowest BCUT2D eigenvalue weighted by Gasteiger charge is -2.14. The van der Waals surface area contributed by atoms with E-state index < -0.39 is 11.8 Å². The minimum absolute atomic E-state index is 0.123. The minimum atomic E-state index is -0.882. The topological polar surface area (TPSA) is 118 Å². The van der Waals surface area contributed by atoms with Gasteiger partial charge in [0.15, 0.2) is 18.1 Å². The van der Waals surface area contributed by atoms with Crippen molar-refractivity contribution in [2.75, 3.05) is 18.5 Å². The minimum Gasteiger partial charge on any atom is -0.490 e. The van der Waals surface area contributed by atoms with Crippen LogP contribution in [0.2, 0.25) is 5.02 Å². The van der Waals surface area contributed by atoms with E-state index in [0.29, 0.717) is 30.0 Å². The van der Waals surface area contributed by atoms with Gasteiger partial charge in [0.25, 0.3) is 5.91 Å². The average molecular weight is 475 g/mol. The van der Waals surface area contributed by atoms with E-state index in [1.54, 1.807) is 44.2 Å². The van der Waals surface area contributed by atoms with Crippen LogP contribution in [0.1, 0.15) is 32.8 Å². The Bertz CT molecular complexity index is 998. The number of hydrogen-bond acceptors (Lipinski definition) is 6. The van der Waals surface area contributed by atoms with Crippen LogP contribution in [0.5, 0.6) is 11.5 Å². The molecule has 10 heteroatoms. The third-order valence-corrected chi connectivity index (χ3v) is 4.59. The highest BCUT2D eigenvalue weighted by atomic mass is 35.5. The zero-order valence-electron chi connectivity index (χ0n) is 18.7. The van der Waals surface area contributed by atoms with Crippen LogP contribution in [-0.2, 0) is 14.4 Å². The number of ether oxygens (including phenoxy) is 2. The molecule has 33 heavy (non-hydrogen) atoms. The normalized spacial score (nSPS) is 11.5. The molecule has 2 rings (SSSR count). The molecule has 176 valence electrons. The van der Waals surface area contributed by atoms with Crippen LogP contribution in [0.4, 0.5) is 5.69 Å². The number of para-hydroxylation sites is 1. The summed E-state index contributed by atoms with van der Waals surface area (Å²) >= 11 is 6.33. The quantitative estimate of drug-likeness (QED) is 0.278. The largest absolute Gasteiger partial charge is 0.490 e. The van der Waals surface area contributed by atoms with E-state index in [1.165, 1.54) is 12.3 Å². The van der Waals surface area contributed by atoms with E-state index in [2.05, 4.69) is 21.2 Å². The molecule has 3 amide bonds. The number of halogens is 1. The van der Waals surface area contributed by atoms with Crippen LogP contribution in [0, 0.1) is 0 Å². The molecule has 0 spiro atoms. The van der Waals surface area contributed by atoms with Crippen LogP contribution < -0.4 is 25.5 Å². The molecule has 0 aliphatic heterocycles. The van der Waals surface area contributed by atoms with E-state index in [4.69, 9.17) is 21.1 Å². The molecule has 0 unspecified atom stereocenters. The van der Waals surface area contributed by atoms with Gasteiger partial charge < -0.3 is 20.1 Å². The van der Waals surface area contributed by atoms with E-state index in [9.17, 15) is 14.4 Å². The molecule has 0 aromatic heterocycles. The molecule has 0 saturated carbocycles. The second-order valence-corrected chi connectivity index (χ2v) is 7.35. The van der Waals surface area contributed by atoms with Gasteiger partial charge in [0.2, 0.25) is 0 Å². The average Bonchev–Trinajstić information content (AvgIpc) is 2.79. The fourth-order valence-corrected chi connectivity index (χ4v) is 2.80. The number of rotatable bonds is 10. The summed E-state index contributed by atoms with van der Waals surface area (Å²) in [6.45, 7) is 5.53. The molecule has 0 radical (unpaired) electrons. The Balaban J connectivity index is 2.03. The first kappa shape index (κ1) is 25.7. The molecule has 0 heterocycles. The number of hydrogen-bond donors (Lipinski definition) is 3. The predicted octanol–water partition coefficient (Wildman–Crippen LogP) is 3.12. The highest BCUT2D eigenvalue weighted by Gasteiger charge is 2.16. The second kappa shape index (κ2) is 13.1. The Hall–Kier alpha value is -3.59. The van der Waals surface area contributed by atoms with Crippen LogP contribution in [0.25, 0.3) is 0 Å². The summed E-state index contributed by atoms with van der Waals surface area (Å²) in [5.74, 6) is -1.50. The van der Waals surface area contributed by atoms with Gasteiger partial charge in [-0.15, -0.1) is 0 Å². The number of anilines is 1. The maximum Gasteiger partial charge on any atom is 0.329 e. The van der Waals surface area contributed by atoms with Gasteiger partial charge in [-0.05, 0) is 50.1 Å². The van der Waals surface area contributed by atoms with Crippen LogP contribution in [-0.4, -0.2) is 43.2 Å². The fraction of sp³-hybridized carbons (Fsp3) is 0.304. The summed E-state index contributed by atoms with van der Waals surface area (Å²) in [7, 11) is 0. The second-order valence-electron chi connectivity index (χ2n) is 6.95. The number of nitrogens with one attached hydrogen (secondary N) is 3. The summed E-state index contributed by atoms with van der Waals surface area (Å²) in [6.07, 6.45) is 2.01. The number of hydrazone groups is 1. The van der Waals surface area contributed by atoms with Crippen LogP contribution in [0.15, 0.2) is 47.6 Å². The first-order valence-electron chi connectivity index (χ1n) is 10.4. The summed E-state index contributed by atoms with van der Waals surface area (Å²) in [5.41, 5.74) is 3.30. The van der Waals surface area contributed by atoms with Crippen molar-refractivity contribution in [3.05, 3.63) is 53.1 Å². The lowest BCUT2D eigenvalue weighted by Crippen LogP contribution is -2.41. The highest BCUT2D eigenvalue weighted by molar-refractivity contribution is 6.35. The van der Waals surface area contributed by atoms with Gasteiger partial charge in [-0.3, -0.25) is 14.4 Å². The van der Waals surface area contributed by atoms with E-state index in [-0.39, 0.29) is 29.3 Å². The first-order valence-corrected chi connectivity index (χ1v) is 10.8. The molecule has 9 nitrogen and oxygen atoms in total. The lowest BCUT2D eigenvalue weighted by molar-refractivity contribution is -0.139. The Kier molecular flexibility index (Phi) is 10.2. The molecule has 1 atom stereocenters. The molecular formula is C23H27ClN4O5. The Morgan fingerprint density at radius 1 is 1.09 bits per heavy atom. The molecule has 2 aromatic carbocycles. The van der Waals surface area contributed by atoms with Gasteiger partial charge in [0, 0.05) is 11.7 Å². The molecule has 3 N–H and O–H groups in total. The first-order chi connectivity index (χ1) is 15.8. The maximum absolute atomic E-state index is 12.2. The zero-order valence-corrected chi connectivity index (χ0v) is 19.4. The van der Waals surface area contributed by atoms with Crippen LogP contribution in [0.3, 0.4) is 0 Å². The maximum atomic E-state index is 12.2. The van der Waals surface area contributed by atoms with Crippen molar-refractivity contribution in [1.82, 2.24) is 10.7 Å². The van der Waals surface area contributed by atoms with Gasteiger partial charge in [0.05, 0.1) is 17.8 Å². The molecule has 0 aliphatic rings. The summed E-state index contributed by atoms with van der Waals surface area (Å²) < 4.78 is 11.2. The summed E-state index contributed by atoms with van der Waals surface area (Å²) in [6, 6.07) is 12.0. The van der Waals surface area contributed by atoms with Crippen molar-refractivity contribution in [2.24, 2.45) is 5.10 Å². The third-order valence-electron chi connectivity index (χ3n) is 4.31. The van der Waals surface area contributed by atoms with Crippen molar-refractivity contribution in [1.29, 1.82) is 0 Å². The SMILES string of the molecule is CCOc1cc(/C=N\NC(=O)C(=O)N[C@@H](C)CC)cc(Cl)c1OCC(=O)Nc1ccccc1. The summed E-state index contributed by atoms with van der Waals surface area (Å²) in [4.78, 5) is 35.7. The van der Waals surface area contributed by atoms with Gasteiger partial charge in [-0.1, -0.05) is 36.7 Å². The Labute approximate surface area is 197 Å². The lowest BCUT2D eigenvalue weighted by atomic mass is 10.2. The van der Waals surface area contributed by atoms with Crippen molar-refractivity contribution in [2.45, 2.75) is 33.2 Å². The number of carbonyl (C=O) groups excluding carboxylic acids is 3. The number of carbonyl (C=O) groups is 3. The van der Waals surface area contributed by atoms with Crippen molar-refractivity contribution >= 4 is 41.2 Å². The van der Waals surface area contributed by atoms with Crippen molar-refractivity contribution < 1.29 is 23.9 Å². The molecular weight excluding hydrogens is 448 g/mol. The predicted molar refractivity (Wildman–Crippen MR) is 127 cm³/mol. The van der Waals surface area contributed by atoms with Gasteiger partial charge in [-0.2, -0.15) is 5.10 Å². The zero-order chi connectivity index (χ0) is 24.2. The third kappa shape index (κ3) is 8.46. The fourth-order valence-electron chi connectivity index (χ4n) is 2.53. The molecule has 0 fully saturated rings. The Morgan fingerprint density at radius 3 is 2.48 bits per heavy atom. The monoisotopic (exact) mass is 474 g/mol. The molecule has 2 aromatic rings. The highest BCUT2D eigenvalue weighted by Crippen LogP contribution is 2.36. The van der Waals surface area contributed by atoms with Crippen molar-refractivity contribution in [3.63, 3.8) is 0 Å². The Morgan fingerprint density at radius 2 is 1.82 bits per heavy atom. The standard InChI is InChI=1S/C23H27ClN4O5/c1-4-15(3)26-22(30)23(31)28-25-13-16-11-18(24)21(19(12-16)32-5-2)33-14-20(29)27-17-9-7-6-8-10-17/h6-13,15H,4-5,14H2,1-3H3,(H,26,30)(H,27,29)(H,28,31)/b25-13-/t15-/m0/s1. The van der Waals surface area contributed by atoms with Gasteiger partial charge in [-0.25, -0.2) is 5.43 Å². The van der Waals surface area contributed by atoms with E-state index in [0.717, 1.165) is 0 Å². The smallest absolute Gasteiger partial charge is 0.329 e.